The average Bonchev–Trinajstić information content (AvgIpc) is 3.46. The molecule has 0 radical (unpaired) electrons. The fourth-order valence-electron chi connectivity index (χ4n) is 3.75. The van der Waals surface area contributed by atoms with Crippen molar-refractivity contribution in [3.05, 3.63) is 28.8 Å². The van der Waals surface area contributed by atoms with E-state index in [2.05, 4.69) is 5.32 Å². The molecular weight excluding hydrogens is 382 g/mol. The topological polar surface area (TPSA) is 86.7 Å². The van der Waals surface area contributed by atoms with Crippen molar-refractivity contribution >= 4 is 23.5 Å². The second-order valence-corrected chi connectivity index (χ2v) is 8.68. The van der Waals surface area contributed by atoms with Gasteiger partial charge in [0.05, 0.1) is 17.0 Å². The summed E-state index contributed by atoms with van der Waals surface area (Å²) in [5.41, 5.74) is -1.16. The number of carboxylic acid groups (broad SMARTS) is 1. The van der Waals surface area contributed by atoms with Crippen LogP contribution in [-0.4, -0.2) is 36.0 Å². The number of benzene rings is 1. The fraction of sp³-hybridized carbons (Fsp3) is 0.571. The number of anilines is 1. The summed E-state index contributed by atoms with van der Waals surface area (Å²) in [4.78, 5) is 37.3. The molecule has 0 aromatic heterocycles. The van der Waals surface area contributed by atoms with E-state index in [-0.39, 0.29) is 29.6 Å². The van der Waals surface area contributed by atoms with Crippen molar-refractivity contribution in [3.8, 4) is 0 Å². The maximum absolute atomic E-state index is 15.1. The predicted molar refractivity (Wildman–Crippen MR) is 103 cm³/mol. The van der Waals surface area contributed by atoms with Crippen LogP contribution in [-0.2, 0) is 19.8 Å². The minimum atomic E-state index is -1.28. The first-order valence-electron chi connectivity index (χ1n) is 9.80. The number of fused-ring (bicyclic) bond motifs is 1. The van der Waals surface area contributed by atoms with Crippen molar-refractivity contribution in [2.24, 2.45) is 11.8 Å². The van der Waals surface area contributed by atoms with E-state index >= 15 is 4.39 Å². The number of hydrogen-bond acceptors (Lipinski definition) is 3. The number of hydrogen-bond donors (Lipinski definition) is 2. The SMILES string of the molecule is C[C@H](CNC(=O)CN1C(=O)C(C)(C)c2c(F)c(C3CC3)cc(F)c21)[C@@H](C)C(=O)O. The van der Waals surface area contributed by atoms with E-state index in [0.29, 0.717) is 5.56 Å². The van der Waals surface area contributed by atoms with Gasteiger partial charge in [-0.3, -0.25) is 19.3 Å². The van der Waals surface area contributed by atoms with E-state index in [1.165, 1.54) is 20.8 Å². The molecule has 1 aromatic carbocycles. The lowest BCUT2D eigenvalue weighted by atomic mass is 9.84. The summed E-state index contributed by atoms with van der Waals surface area (Å²) in [5, 5.41) is 11.6. The molecule has 1 aromatic rings. The number of carbonyl (C=O) groups is 3. The second kappa shape index (κ2) is 7.39. The van der Waals surface area contributed by atoms with Crippen molar-refractivity contribution in [2.75, 3.05) is 18.0 Å². The molecule has 1 saturated carbocycles. The fourth-order valence-corrected chi connectivity index (χ4v) is 3.75. The Kier molecular flexibility index (Phi) is 5.40. The maximum Gasteiger partial charge on any atom is 0.306 e. The Labute approximate surface area is 168 Å². The van der Waals surface area contributed by atoms with Crippen LogP contribution in [0.1, 0.15) is 57.6 Å². The van der Waals surface area contributed by atoms with Gasteiger partial charge in [-0.1, -0.05) is 13.8 Å². The molecule has 1 aliphatic carbocycles. The van der Waals surface area contributed by atoms with Gasteiger partial charge < -0.3 is 10.4 Å². The van der Waals surface area contributed by atoms with E-state index in [1.807, 2.05) is 0 Å². The van der Waals surface area contributed by atoms with Crippen LogP contribution in [0, 0.1) is 23.5 Å². The highest BCUT2D eigenvalue weighted by Gasteiger charge is 2.49. The number of aliphatic carboxylic acids is 1. The summed E-state index contributed by atoms with van der Waals surface area (Å²) < 4.78 is 30.0. The average molecular weight is 408 g/mol. The van der Waals surface area contributed by atoms with Gasteiger partial charge in [0.25, 0.3) is 0 Å². The molecule has 2 amide bonds. The summed E-state index contributed by atoms with van der Waals surface area (Å²) in [6, 6.07) is 1.14. The van der Waals surface area contributed by atoms with Crippen molar-refractivity contribution in [1.82, 2.24) is 5.32 Å². The normalized spacial score (nSPS) is 19.7. The van der Waals surface area contributed by atoms with Crippen molar-refractivity contribution in [3.63, 3.8) is 0 Å². The van der Waals surface area contributed by atoms with Gasteiger partial charge in [0, 0.05) is 12.1 Å². The van der Waals surface area contributed by atoms with E-state index < -0.39 is 47.3 Å². The van der Waals surface area contributed by atoms with Crippen LogP contribution in [0.3, 0.4) is 0 Å². The zero-order valence-electron chi connectivity index (χ0n) is 17.0. The highest BCUT2D eigenvalue weighted by atomic mass is 19.1. The number of carbonyl (C=O) groups excluding carboxylic acids is 2. The number of carboxylic acids is 1. The molecule has 158 valence electrons. The lowest BCUT2D eigenvalue weighted by Gasteiger charge is -2.21. The smallest absolute Gasteiger partial charge is 0.306 e. The zero-order valence-corrected chi connectivity index (χ0v) is 17.0. The standard InChI is InChI=1S/C21H26F2N2O4/c1-10(11(2)19(27)28)8-24-15(26)9-25-18-14(22)7-13(12-5-6-12)17(23)16(18)21(3,4)20(25)29/h7,10-12H,5-6,8-9H2,1-4H3,(H,24,26)(H,27,28)/t10-,11-/m1/s1. The number of halogens is 2. The van der Waals surface area contributed by atoms with Gasteiger partial charge in [-0.2, -0.15) is 0 Å². The summed E-state index contributed by atoms with van der Waals surface area (Å²) in [7, 11) is 0. The number of nitrogens with one attached hydrogen (secondary N) is 1. The summed E-state index contributed by atoms with van der Waals surface area (Å²) in [6.07, 6.45) is 1.59. The number of rotatable bonds is 7. The Morgan fingerprint density at radius 2 is 1.93 bits per heavy atom. The van der Waals surface area contributed by atoms with E-state index in [1.54, 1.807) is 6.92 Å². The maximum atomic E-state index is 15.1. The number of nitrogens with zero attached hydrogens (tertiary/aromatic N) is 1. The molecule has 0 spiro atoms. The van der Waals surface area contributed by atoms with Gasteiger partial charge in [0.15, 0.2) is 0 Å². The third kappa shape index (κ3) is 3.72. The highest BCUT2D eigenvalue weighted by molar-refractivity contribution is 6.10. The largest absolute Gasteiger partial charge is 0.481 e. The Balaban J connectivity index is 1.82. The minimum absolute atomic E-state index is 0.00469. The molecular formula is C21H26F2N2O4. The molecule has 0 saturated heterocycles. The number of amides is 2. The quantitative estimate of drug-likeness (QED) is 0.726. The predicted octanol–water partition coefficient (Wildman–Crippen LogP) is 2.94. The Morgan fingerprint density at radius 3 is 2.48 bits per heavy atom. The molecule has 2 aliphatic rings. The molecule has 8 heteroatoms. The zero-order chi connectivity index (χ0) is 21.7. The van der Waals surface area contributed by atoms with Crippen LogP contribution in [0.2, 0.25) is 0 Å². The van der Waals surface area contributed by atoms with Crippen molar-refractivity contribution in [1.29, 1.82) is 0 Å². The van der Waals surface area contributed by atoms with Crippen LogP contribution < -0.4 is 10.2 Å². The summed E-state index contributed by atoms with van der Waals surface area (Å²) in [6.45, 7) is 5.93. The minimum Gasteiger partial charge on any atom is -0.481 e. The van der Waals surface area contributed by atoms with Crippen molar-refractivity contribution in [2.45, 2.75) is 51.9 Å². The van der Waals surface area contributed by atoms with Crippen LogP contribution in [0.5, 0.6) is 0 Å². The van der Waals surface area contributed by atoms with Gasteiger partial charge in [0.1, 0.15) is 18.2 Å². The molecule has 1 aliphatic heterocycles. The van der Waals surface area contributed by atoms with Gasteiger partial charge >= 0.3 is 5.97 Å². The van der Waals surface area contributed by atoms with Crippen LogP contribution in [0.15, 0.2) is 6.07 Å². The van der Waals surface area contributed by atoms with E-state index in [0.717, 1.165) is 23.8 Å². The Hall–Kier alpha value is -2.51. The van der Waals surface area contributed by atoms with E-state index in [4.69, 9.17) is 5.11 Å². The van der Waals surface area contributed by atoms with Gasteiger partial charge in [-0.25, -0.2) is 8.78 Å². The molecule has 2 atom stereocenters. The molecule has 1 heterocycles. The van der Waals surface area contributed by atoms with Gasteiger partial charge in [-0.15, -0.1) is 0 Å². The second-order valence-electron chi connectivity index (χ2n) is 8.68. The molecule has 1 fully saturated rings. The molecule has 6 nitrogen and oxygen atoms in total. The van der Waals surface area contributed by atoms with Crippen LogP contribution >= 0.6 is 0 Å². The Morgan fingerprint density at radius 1 is 1.31 bits per heavy atom. The first-order chi connectivity index (χ1) is 13.5. The van der Waals surface area contributed by atoms with Crippen LogP contribution in [0.4, 0.5) is 14.5 Å². The molecule has 0 unspecified atom stereocenters. The molecule has 29 heavy (non-hydrogen) atoms. The summed E-state index contributed by atoms with van der Waals surface area (Å²) >= 11 is 0. The van der Waals surface area contributed by atoms with Crippen molar-refractivity contribution < 1.29 is 28.3 Å². The molecule has 0 bridgehead atoms. The monoisotopic (exact) mass is 408 g/mol. The first kappa shape index (κ1) is 21.2. The van der Waals surface area contributed by atoms with Gasteiger partial charge in [-0.05, 0) is 50.2 Å². The third-order valence-corrected chi connectivity index (χ3v) is 6.08. The highest BCUT2D eigenvalue weighted by Crippen LogP contribution is 2.50. The van der Waals surface area contributed by atoms with E-state index in [9.17, 15) is 18.8 Å². The first-order valence-corrected chi connectivity index (χ1v) is 9.80. The lowest BCUT2D eigenvalue weighted by molar-refractivity contribution is -0.142. The van der Waals surface area contributed by atoms with Crippen LogP contribution in [0.25, 0.3) is 0 Å². The molecule has 3 rings (SSSR count). The Bertz CT molecular complexity index is 880. The van der Waals surface area contributed by atoms with Gasteiger partial charge in [0.2, 0.25) is 11.8 Å². The summed E-state index contributed by atoms with van der Waals surface area (Å²) in [5.74, 6) is -4.34. The molecule has 2 N–H and O–H groups in total. The third-order valence-electron chi connectivity index (χ3n) is 6.08. The lowest BCUT2D eigenvalue weighted by Crippen LogP contribution is -2.44.